The van der Waals surface area contributed by atoms with Crippen LogP contribution >= 0.6 is 0 Å². The Morgan fingerprint density at radius 1 is 0.727 bits per heavy atom. The van der Waals surface area contributed by atoms with Gasteiger partial charge in [0.2, 0.25) is 5.91 Å². The van der Waals surface area contributed by atoms with Crippen LogP contribution in [0.25, 0.3) is 0 Å². The summed E-state index contributed by atoms with van der Waals surface area (Å²) in [5.74, 6) is -2.96. The first kappa shape index (κ1) is 29.9. The van der Waals surface area contributed by atoms with E-state index < -0.39 is 23.9 Å². The minimum absolute atomic E-state index is 0.168. The molecule has 0 saturated carbocycles. The topological polar surface area (TPSA) is 104 Å². The van der Waals surface area contributed by atoms with E-state index in [4.69, 9.17) is 10.2 Å². The average molecular weight is 458 g/mol. The van der Waals surface area contributed by atoms with Crippen LogP contribution in [-0.2, 0) is 14.4 Å². The van der Waals surface area contributed by atoms with Crippen LogP contribution < -0.4 is 5.32 Å². The number of carbonyl (C=O) groups is 3. The van der Waals surface area contributed by atoms with E-state index in [1.165, 1.54) is 57.1 Å². The van der Waals surface area contributed by atoms with Crippen LogP contribution in [0.5, 0.6) is 0 Å². The van der Waals surface area contributed by atoms with E-state index in [0.717, 1.165) is 6.42 Å². The molecule has 0 aliphatic heterocycles. The van der Waals surface area contributed by atoms with Crippen molar-refractivity contribution in [2.75, 3.05) is 0 Å². The maximum Gasteiger partial charge on any atom is 0.326 e. The van der Waals surface area contributed by atoms with Crippen molar-refractivity contribution < 1.29 is 24.6 Å². The Balaban J connectivity index is 3.98. The summed E-state index contributed by atoms with van der Waals surface area (Å²) in [7, 11) is 0. The standard InChI is InChI=1S/C27H39NO5/c1-2-3-4-5-6-7-8-9-10-11-12-13-14-15-16-17-18-19-20-21-25(29)28-24(27(32)33)22-23-26(30)31/h10-21,24H,2-9,22-23H2,1H3,(H,28,29)(H,30,31)(H,32,33)/b11-10+,13-12+,15-14+,17-16+,19-18+,21-20+. The quantitative estimate of drug-likeness (QED) is 0.127. The number of hydrogen-bond donors (Lipinski definition) is 3. The zero-order chi connectivity index (χ0) is 24.6. The van der Waals surface area contributed by atoms with Gasteiger partial charge in [-0.05, 0) is 19.3 Å². The molecular weight excluding hydrogens is 418 g/mol. The average Bonchev–Trinajstić information content (AvgIpc) is 2.77. The molecule has 33 heavy (non-hydrogen) atoms. The van der Waals surface area contributed by atoms with Gasteiger partial charge in [0.05, 0.1) is 0 Å². The first-order chi connectivity index (χ1) is 16.0. The van der Waals surface area contributed by atoms with Gasteiger partial charge in [0, 0.05) is 12.5 Å². The lowest BCUT2D eigenvalue weighted by molar-refractivity contribution is -0.142. The van der Waals surface area contributed by atoms with E-state index in [9.17, 15) is 14.4 Å². The molecule has 1 unspecified atom stereocenters. The molecule has 0 bridgehead atoms. The minimum Gasteiger partial charge on any atom is -0.481 e. The van der Waals surface area contributed by atoms with Crippen molar-refractivity contribution in [3.05, 3.63) is 72.9 Å². The number of hydrogen-bond acceptors (Lipinski definition) is 3. The van der Waals surface area contributed by atoms with Crippen LogP contribution in [-0.4, -0.2) is 34.1 Å². The lowest BCUT2D eigenvalue weighted by Gasteiger charge is -2.11. The molecule has 0 rings (SSSR count). The Morgan fingerprint density at radius 2 is 1.24 bits per heavy atom. The predicted molar refractivity (Wildman–Crippen MR) is 134 cm³/mol. The van der Waals surface area contributed by atoms with Crippen LogP contribution in [0.1, 0.15) is 71.1 Å². The Morgan fingerprint density at radius 3 is 1.79 bits per heavy atom. The molecule has 0 aromatic carbocycles. The van der Waals surface area contributed by atoms with E-state index in [2.05, 4.69) is 24.4 Å². The molecule has 0 spiro atoms. The van der Waals surface area contributed by atoms with Gasteiger partial charge in [0.15, 0.2) is 0 Å². The van der Waals surface area contributed by atoms with Gasteiger partial charge in [-0.15, -0.1) is 0 Å². The van der Waals surface area contributed by atoms with Crippen molar-refractivity contribution in [1.29, 1.82) is 0 Å². The number of allylic oxidation sites excluding steroid dienone is 11. The molecule has 0 aromatic heterocycles. The van der Waals surface area contributed by atoms with E-state index in [-0.39, 0.29) is 12.8 Å². The Bertz CT molecular complexity index is 729. The first-order valence-corrected chi connectivity index (χ1v) is 11.7. The van der Waals surface area contributed by atoms with E-state index in [1.807, 2.05) is 30.4 Å². The van der Waals surface area contributed by atoms with Gasteiger partial charge in [-0.3, -0.25) is 9.59 Å². The Labute approximate surface area is 198 Å². The normalized spacial score (nSPS) is 13.4. The lowest BCUT2D eigenvalue weighted by atomic mass is 10.1. The fourth-order valence-electron chi connectivity index (χ4n) is 2.80. The third-order valence-corrected chi connectivity index (χ3v) is 4.62. The van der Waals surface area contributed by atoms with Crippen LogP contribution in [0.3, 0.4) is 0 Å². The number of carbonyl (C=O) groups excluding carboxylic acids is 1. The van der Waals surface area contributed by atoms with Gasteiger partial charge in [-0.1, -0.05) is 112 Å². The zero-order valence-corrected chi connectivity index (χ0v) is 19.7. The summed E-state index contributed by atoms with van der Waals surface area (Å²) in [6.07, 6.45) is 31.7. The third-order valence-electron chi connectivity index (χ3n) is 4.62. The number of rotatable bonds is 19. The summed E-state index contributed by atoms with van der Waals surface area (Å²) in [5, 5.41) is 19.9. The second kappa shape index (κ2) is 22.1. The van der Waals surface area contributed by atoms with Gasteiger partial charge < -0.3 is 15.5 Å². The third kappa shape index (κ3) is 21.9. The molecule has 0 radical (unpaired) electrons. The summed E-state index contributed by atoms with van der Waals surface area (Å²) in [4.78, 5) is 33.3. The van der Waals surface area contributed by atoms with E-state index >= 15 is 0 Å². The van der Waals surface area contributed by atoms with E-state index in [1.54, 1.807) is 18.2 Å². The highest BCUT2D eigenvalue weighted by atomic mass is 16.4. The second-order valence-electron chi connectivity index (χ2n) is 7.57. The summed E-state index contributed by atoms with van der Waals surface area (Å²) < 4.78 is 0. The molecule has 1 amide bonds. The van der Waals surface area contributed by atoms with Crippen LogP contribution in [0.4, 0.5) is 0 Å². The van der Waals surface area contributed by atoms with Gasteiger partial charge in [-0.25, -0.2) is 4.79 Å². The van der Waals surface area contributed by atoms with Crippen LogP contribution in [0.15, 0.2) is 72.9 Å². The van der Waals surface area contributed by atoms with Crippen molar-refractivity contribution in [2.45, 2.75) is 77.2 Å². The molecular formula is C27H39NO5. The summed E-state index contributed by atoms with van der Waals surface area (Å²) in [6.45, 7) is 2.24. The second-order valence-corrected chi connectivity index (χ2v) is 7.57. The molecule has 3 N–H and O–H groups in total. The van der Waals surface area contributed by atoms with Crippen molar-refractivity contribution in [1.82, 2.24) is 5.32 Å². The van der Waals surface area contributed by atoms with Gasteiger partial charge in [0.25, 0.3) is 0 Å². The monoisotopic (exact) mass is 457 g/mol. The van der Waals surface area contributed by atoms with Crippen LogP contribution in [0.2, 0.25) is 0 Å². The van der Waals surface area contributed by atoms with Crippen molar-refractivity contribution in [3.63, 3.8) is 0 Å². The van der Waals surface area contributed by atoms with Crippen molar-refractivity contribution in [3.8, 4) is 0 Å². The number of carboxylic acids is 2. The molecule has 6 nitrogen and oxygen atoms in total. The van der Waals surface area contributed by atoms with Crippen LogP contribution in [0, 0.1) is 0 Å². The number of carboxylic acid groups (broad SMARTS) is 2. The zero-order valence-electron chi connectivity index (χ0n) is 19.7. The number of amides is 1. The first-order valence-electron chi connectivity index (χ1n) is 11.7. The summed E-state index contributed by atoms with van der Waals surface area (Å²) in [6, 6.07) is -1.23. The van der Waals surface area contributed by atoms with Gasteiger partial charge in [-0.2, -0.15) is 0 Å². The fraction of sp³-hybridized carbons (Fsp3) is 0.444. The highest BCUT2D eigenvalue weighted by Gasteiger charge is 2.19. The predicted octanol–water partition coefficient (Wildman–Crippen LogP) is 5.90. The molecule has 0 fully saturated rings. The largest absolute Gasteiger partial charge is 0.481 e. The molecule has 1 atom stereocenters. The highest BCUT2D eigenvalue weighted by molar-refractivity contribution is 5.91. The maximum atomic E-state index is 11.7. The Kier molecular flexibility index (Phi) is 20.0. The maximum absolute atomic E-state index is 11.7. The molecule has 0 aromatic rings. The minimum atomic E-state index is -1.26. The van der Waals surface area contributed by atoms with E-state index in [0.29, 0.717) is 0 Å². The number of unbranched alkanes of at least 4 members (excludes halogenated alkanes) is 7. The molecule has 0 saturated heterocycles. The summed E-state index contributed by atoms with van der Waals surface area (Å²) >= 11 is 0. The van der Waals surface area contributed by atoms with Gasteiger partial charge in [0.1, 0.15) is 6.04 Å². The Hall–Kier alpha value is -3.15. The SMILES string of the molecule is CCCCCCCCC/C=C/C=C/C=C/C=C/C=C/C=C/C(=O)NC(CCC(=O)O)C(=O)O. The lowest BCUT2D eigenvalue weighted by Crippen LogP contribution is -2.40. The molecule has 0 aliphatic carbocycles. The smallest absolute Gasteiger partial charge is 0.326 e. The summed E-state index contributed by atoms with van der Waals surface area (Å²) in [5.41, 5.74) is 0. The van der Waals surface area contributed by atoms with Crippen molar-refractivity contribution >= 4 is 17.8 Å². The number of aliphatic carboxylic acids is 2. The van der Waals surface area contributed by atoms with Crippen molar-refractivity contribution in [2.24, 2.45) is 0 Å². The number of nitrogens with one attached hydrogen (secondary N) is 1. The van der Waals surface area contributed by atoms with Gasteiger partial charge >= 0.3 is 11.9 Å². The molecule has 182 valence electrons. The molecule has 0 heterocycles. The highest BCUT2D eigenvalue weighted by Crippen LogP contribution is 2.08. The molecule has 0 aliphatic rings. The fourth-order valence-corrected chi connectivity index (χ4v) is 2.80. The molecule has 6 heteroatoms.